The van der Waals surface area contributed by atoms with E-state index < -0.39 is 56.2 Å². The van der Waals surface area contributed by atoms with Gasteiger partial charge in [-0.2, -0.15) is 0 Å². The van der Waals surface area contributed by atoms with Crippen LogP contribution in [0.3, 0.4) is 0 Å². The van der Waals surface area contributed by atoms with Gasteiger partial charge in [0.25, 0.3) is 11.4 Å². The van der Waals surface area contributed by atoms with E-state index in [0.717, 1.165) is 24.3 Å². The van der Waals surface area contributed by atoms with Gasteiger partial charge in [-0.15, -0.1) is 0 Å². The molecule has 37 heavy (non-hydrogen) atoms. The summed E-state index contributed by atoms with van der Waals surface area (Å²) in [6.45, 7) is 0. The molecule has 0 aliphatic rings. The zero-order chi connectivity index (χ0) is 23.2. The van der Waals surface area contributed by atoms with Gasteiger partial charge in [-0.25, -0.2) is 9.59 Å². The Labute approximate surface area is 214 Å². The molecular weight excluding hydrogens is 563 g/mol. The minimum absolute atomic E-state index is 0. The molecule has 0 aliphatic heterocycles. The van der Waals surface area contributed by atoms with E-state index in [1.165, 1.54) is 0 Å². The Kier molecular flexibility index (Phi) is 27.8. The fraction of sp³-hybridized carbons (Fsp3) is 0. The van der Waals surface area contributed by atoms with E-state index in [-0.39, 0.29) is 61.1 Å². The third-order valence-electron chi connectivity index (χ3n) is 3.32. The molecule has 0 spiro atoms. The van der Waals surface area contributed by atoms with E-state index in [1.54, 1.807) is 0 Å². The quantitative estimate of drug-likeness (QED) is 0.138. The van der Waals surface area contributed by atoms with Gasteiger partial charge < -0.3 is 62.9 Å². The molecule has 0 amide bonds. The third-order valence-corrected chi connectivity index (χ3v) is 3.32. The summed E-state index contributed by atoms with van der Waals surface area (Å²) in [4.78, 5) is 60.8. The molecule has 0 atom stereocenters. The Bertz CT molecular complexity index is 1000. The molecule has 18 N–H and O–H groups in total. The van der Waals surface area contributed by atoms with Gasteiger partial charge in [0.2, 0.25) is 0 Å². The molecule has 0 bridgehead atoms. The molecule has 0 aromatic heterocycles. The number of rotatable bonds is 6. The number of aromatic carboxylic acids is 4. The Morgan fingerprint density at radius 1 is 0.622 bits per heavy atom. The minimum atomic E-state index is -1.79. The van der Waals surface area contributed by atoms with Crippen molar-refractivity contribution in [2.75, 3.05) is 0 Å². The summed E-state index contributed by atoms with van der Waals surface area (Å²) >= 11 is 0. The summed E-state index contributed by atoms with van der Waals surface area (Å²) in [6.07, 6.45) is 0. The van der Waals surface area contributed by atoms with Crippen LogP contribution in [0.2, 0.25) is 0 Å². The van der Waals surface area contributed by atoms with Gasteiger partial charge in [0.15, 0.2) is 0 Å². The summed E-state index contributed by atoms with van der Waals surface area (Å²) in [7, 11) is 0. The first-order valence-corrected chi connectivity index (χ1v) is 7.33. The smallest absolute Gasteiger partial charge is 0.545 e. The van der Waals surface area contributed by atoms with E-state index in [1.807, 2.05) is 0 Å². The van der Waals surface area contributed by atoms with Crippen molar-refractivity contribution in [1.82, 2.24) is 0 Å². The zero-order valence-electron chi connectivity index (χ0n) is 18.0. The van der Waals surface area contributed by atoms with Crippen molar-refractivity contribution >= 4 is 35.3 Å². The number of hydrogen-bond acceptors (Lipinski definition) is 10. The molecule has 0 heterocycles. The van der Waals surface area contributed by atoms with Gasteiger partial charge in [-0.05, 0) is 24.3 Å². The van der Waals surface area contributed by atoms with E-state index in [2.05, 4.69) is 0 Å². The van der Waals surface area contributed by atoms with Gasteiger partial charge in [0.05, 0.1) is 44.0 Å². The van der Waals surface area contributed by atoms with Crippen LogP contribution < -0.4 is 10.2 Å². The van der Waals surface area contributed by atoms with Crippen molar-refractivity contribution < 1.29 is 99.4 Å². The van der Waals surface area contributed by atoms with Crippen LogP contribution in [0.25, 0.3) is 0 Å². The average molecular weight is 587 g/mol. The molecule has 2 rings (SSSR count). The zero-order valence-corrected chi connectivity index (χ0v) is 19.2. The number of carbonyl (C=O) groups is 4. The van der Waals surface area contributed by atoms with Crippen molar-refractivity contribution in [3.63, 3.8) is 0 Å². The van der Waals surface area contributed by atoms with Crippen molar-refractivity contribution in [1.29, 1.82) is 0 Å². The Morgan fingerprint density at radius 2 is 0.865 bits per heavy atom. The second kappa shape index (κ2) is 20.7. The molecule has 0 saturated heterocycles. The second-order valence-electron chi connectivity index (χ2n) is 5.16. The van der Waals surface area contributed by atoms with Crippen molar-refractivity contribution in [3.8, 4) is 0 Å². The van der Waals surface area contributed by atoms with Gasteiger partial charge in [0, 0.05) is 12.1 Å². The van der Waals surface area contributed by atoms with E-state index in [0.29, 0.717) is 12.1 Å². The van der Waals surface area contributed by atoms with Crippen LogP contribution in [0.15, 0.2) is 36.4 Å². The fourth-order valence-corrected chi connectivity index (χ4v) is 1.98. The molecule has 2 aromatic carbocycles. The predicted octanol–water partition coefficient (Wildman–Crippen LogP) is -6.03. The van der Waals surface area contributed by atoms with Gasteiger partial charge in [-0.3, -0.25) is 20.2 Å². The molecule has 20 nitrogen and oxygen atoms in total. The van der Waals surface area contributed by atoms with Crippen LogP contribution >= 0.6 is 0 Å². The van der Waals surface area contributed by atoms with Crippen LogP contribution in [-0.2, 0) is 39.0 Å². The van der Waals surface area contributed by atoms with Crippen molar-refractivity contribution in [2.45, 2.75) is 0 Å². The number of nitro benzene ring substituents is 2. The molecule has 0 unspecified atom stereocenters. The number of benzene rings is 2. The fourth-order valence-electron chi connectivity index (χ4n) is 1.98. The van der Waals surface area contributed by atoms with Gasteiger partial charge >= 0.3 is 29.0 Å². The Morgan fingerprint density at radius 3 is 1.03 bits per heavy atom. The normalized spacial score (nSPS) is 7.78. The standard InChI is InChI=1S/2C8H5NO6.Mn.6H2O/c2*10-7(11)4-1-2-6(9(14)15)5(3-4)8(12)13;;;;;;;/h2*1-3H,(H,10,11)(H,12,13);;6*1H2/q;;+2;;;;;;/p+2. The SMILES string of the molecule is O.O.O=C(O)c1ccc([N+](=O)[O-])c(C(=O)[O-])c1.O=C(O)c1ccc([N+](=O)[O-])c(C(=O)[O-])c1.[Mn+2].[OH3+].[OH3+].[OH3+].[OH3+]. The molecule has 21 heteroatoms. The van der Waals surface area contributed by atoms with E-state index in [9.17, 15) is 49.6 Å². The van der Waals surface area contributed by atoms with Gasteiger partial charge in [-0.1, -0.05) is 0 Å². The van der Waals surface area contributed by atoms with E-state index in [4.69, 9.17) is 10.2 Å². The first kappa shape index (κ1) is 49.5. The Balaban J connectivity index is -0.0000000818. The Hall–Kier alpha value is -4.60. The third kappa shape index (κ3) is 13.2. The minimum Gasteiger partial charge on any atom is -0.545 e. The van der Waals surface area contributed by atoms with Crippen LogP contribution in [0.5, 0.6) is 0 Å². The number of carbonyl (C=O) groups excluding carboxylic acids is 2. The first-order valence-electron chi connectivity index (χ1n) is 7.33. The number of nitro groups is 2. The molecule has 0 aliphatic carbocycles. The first-order chi connectivity index (χ1) is 13.9. The largest absolute Gasteiger partial charge is 2.00 e. The van der Waals surface area contributed by atoms with Crippen LogP contribution in [-0.4, -0.2) is 54.9 Å². The number of nitrogens with zero attached hydrogens (tertiary/aromatic N) is 2. The summed E-state index contributed by atoms with van der Waals surface area (Å²) in [6, 6.07) is 4.91. The van der Waals surface area contributed by atoms with Crippen LogP contribution in [0.1, 0.15) is 41.4 Å². The maximum Gasteiger partial charge on any atom is 2.00 e. The maximum absolute atomic E-state index is 10.5. The molecule has 0 saturated carbocycles. The van der Waals surface area contributed by atoms with Gasteiger partial charge in [0.1, 0.15) is 0 Å². The summed E-state index contributed by atoms with van der Waals surface area (Å²) in [5.41, 5.74) is -3.58. The number of carboxylic acids is 4. The predicted molar refractivity (Wildman–Crippen MR) is 115 cm³/mol. The summed E-state index contributed by atoms with van der Waals surface area (Å²) in [5, 5.41) is 58.8. The number of hydrogen-bond donors (Lipinski definition) is 2. The summed E-state index contributed by atoms with van der Waals surface area (Å²) in [5.74, 6) is -6.31. The van der Waals surface area contributed by atoms with E-state index >= 15 is 0 Å². The van der Waals surface area contributed by atoms with Crippen molar-refractivity contribution in [2.24, 2.45) is 0 Å². The second-order valence-corrected chi connectivity index (χ2v) is 5.16. The molecule has 0 fully saturated rings. The number of carboxylic acid groups (broad SMARTS) is 4. The average Bonchev–Trinajstić information content (AvgIpc) is 2.67. The van der Waals surface area contributed by atoms with Crippen LogP contribution in [0, 0.1) is 20.2 Å². The molecule has 1 radical (unpaired) electrons. The van der Waals surface area contributed by atoms with Crippen LogP contribution in [0.4, 0.5) is 11.4 Å². The van der Waals surface area contributed by atoms with Crippen molar-refractivity contribution in [3.05, 3.63) is 78.9 Å². The monoisotopic (exact) mass is 587 g/mol. The maximum atomic E-state index is 10.5. The topological polar surface area (TPSA) is 436 Å². The molecular formula is C16H24MnN2O18+4. The molecule has 2 aromatic rings. The summed E-state index contributed by atoms with van der Waals surface area (Å²) < 4.78 is 0. The molecule has 209 valence electrons.